The largest absolute Gasteiger partial charge is 0.507 e. The van der Waals surface area contributed by atoms with Gasteiger partial charge in [-0.3, -0.25) is 14.5 Å². The average molecular weight is 611 g/mol. The number of benzene rings is 2. The van der Waals surface area contributed by atoms with E-state index in [1.165, 1.54) is 21.3 Å². The Bertz CT molecular complexity index is 1520. The zero-order valence-corrected chi connectivity index (χ0v) is 25.7. The maximum absolute atomic E-state index is 13.7. The number of anilines is 1. The third-order valence-corrected chi connectivity index (χ3v) is 7.93. The predicted molar refractivity (Wildman–Crippen MR) is 161 cm³/mol. The monoisotopic (exact) mass is 610 g/mol. The van der Waals surface area contributed by atoms with Gasteiger partial charge in [-0.05, 0) is 62.2 Å². The summed E-state index contributed by atoms with van der Waals surface area (Å²) in [5.41, 5.74) is 0.841. The fourth-order valence-corrected chi connectivity index (χ4v) is 5.66. The Morgan fingerprint density at radius 3 is 2.23 bits per heavy atom. The molecule has 11 nitrogen and oxygen atoms in total. The van der Waals surface area contributed by atoms with Crippen molar-refractivity contribution in [2.45, 2.75) is 39.7 Å². The van der Waals surface area contributed by atoms with Crippen LogP contribution in [-0.4, -0.2) is 62.3 Å². The second kappa shape index (κ2) is 13.6. The number of ether oxygens (including phenoxy) is 5. The highest BCUT2D eigenvalue weighted by molar-refractivity contribution is 7.17. The molecular formula is C31H34N2O9S. The number of unbranched alkanes of at least 4 members (excludes halogenated alkanes) is 1. The van der Waals surface area contributed by atoms with E-state index in [9.17, 15) is 19.5 Å². The minimum Gasteiger partial charge on any atom is -0.507 e. The number of aryl methyl sites for hydroxylation is 1. The first-order valence-corrected chi connectivity index (χ1v) is 14.5. The van der Waals surface area contributed by atoms with Gasteiger partial charge in [0.25, 0.3) is 5.78 Å². The molecule has 0 bridgehead atoms. The summed E-state index contributed by atoms with van der Waals surface area (Å²) in [6.45, 7) is 6.07. The highest BCUT2D eigenvalue weighted by atomic mass is 32.1. The summed E-state index contributed by atoms with van der Waals surface area (Å²) in [4.78, 5) is 45.7. The first-order valence-electron chi connectivity index (χ1n) is 13.7. The number of nitrogens with zero attached hydrogens (tertiary/aromatic N) is 2. The fraction of sp³-hybridized carbons (Fsp3) is 0.355. The molecule has 4 rings (SSSR count). The quantitative estimate of drug-likeness (QED) is 0.0926. The van der Waals surface area contributed by atoms with Gasteiger partial charge in [0.2, 0.25) is 5.75 Å². The van der Waals surface area contributed by atoms with Gasteiger partial charge in [0.15, 0.2) is 16.6 Å². The molecule has 0 radical (unpaired) electrons. The Morgan fingerprint density at radius 2 is 1.67 bits per heavy atom. The van der Waals surface area contributed by atoms with Crippen LogP contribution in [0.15, 0.2) is 42.0 Å². The van der Waals surface area contributed by atoms with Crippen molar-refractivity contribution in [2.75, 3.05) is 39.4 Å². The van der Waals surface area contributed by atoms with Gasteiger partial charge in [-0.1, -0.05) is 24.7 Å². The molecule has 2 aromatic carbocycles. The Kier molecular flexibility index (Phi) is 9.92. The Hall–Kier alpha value is -4.58. The van der Waals surface area contributed by atoms with Crippen molar-refractivity contribution in [3.8, 4) is 23.0 Å². The smallest absolute Gasteiger partial charge is 0.350 e. The van der Waals surface area contributed by atoms with Crippen molar-refractivity contribution < 1.29 is 43.2 Å². The van der Waals surface area contributed by atoms with Gasteiger partial charge in [0.05, 0.1) is 51.9 Å². The van der Waals surface area contributed by atoms with Crippen molar-refractivity contribution in [3.05, 3.63) is 63.7 Å². The second-order valence-electron chi connectivity index (χ2n) is 9.49. The number of aromatic nitrogens is 1. The fourth-order valence-electron chi connectivity index (χ4n) is 4.67. The van der Waals surface area contributed by atoms with E-state index in [4.69, 9.17) is 23.7 Å². The van der Waals surface area contributed by atoms with Crippen LogP contribution >= 0.6 is 11.3 Å². The summed E-state index contributed by atoms with van der Waals surface area (Å²) in [5.74, 6) is -1.37. The van der Waals surface area contributed by atoms with Crippen LogP contribution in [0.3, 0.4) is 0 Å². The van der Waals surface area contributed by atoms with Crippen molar-refractivity contribution in [1.29, 1.82) is 0 Å². The van der Waals surface area contributed by atoms with Crippen LogP contribution in [0.5, 0.6) is 23.0 Å². The van der Waals surface area contributed by atoms with Crippen molar-refractivity contribution in [1.82, 2.24) is 4.98 Å². The zero-order chi connectivity index (χ0) is 31.3. The summed E-state index contributed by atoms with van der Waals surface area (Å²) in [5, 5.41) is 11.6. The van der Waals surface area contributed by atoms with Crippen LogP contribution < -0.4 is 23.8 Å². The van der Waals surface area contributed by atoms with E-state index in [2.05, 4.69) is 11.9 Å². The van der Waals surface area contributed by atoms with Crippen LogP contribution in [0, 0.1) is 6.92 Å². The highest BCUT2D eigenvalue weighted by Crippen LogP contribution is 2.48. The molecule has 3 aromatic rings. The van der Waals surface area contributed by atoms with E-state index >= 15 is 0 Å². The Labute approximate surface area is 253 Å². The molecule has 228 valence electrons. The Morgan fingerprint density at radius 1 is 1.02 bits per heavy atom. The van der Waals surface area contributed by atoms with Gasteiger partial charge in [0, 0.05) is 5.56 Å². The molecule has 2 heterocycles. The lowest BCUT2D eigenvalue weighted by atomic mass is 9.94. The average Bonchev–Trinajstić information content (AvgIpc) is 3.52. The van der Waals surface area contributed by atoms with Crippen molar-refractivity contribution >= 4 is 39.9 Å². The zero-order valence-electron chi connectivity index (χ0n) is 24.9. The number of aliphatic hydroxyl groups is 1. The van der Waals surface area contributed by atoms with Crippen molar-refractivity contribution in [2.24, 2.45) is 0 Å². The van der Waals surface area contributed by atoms with Crippen LogP contribution in [0.4, 0.5) is 5.13 Å². The predicted octanol–water partition coefficient (Wildman–Crippen LogP) is 5.46. The molecule has 1 N–H and O–H groups in total. The van der Waals surface area contributed by atoms with E-state index in [1.54, 1.807) is 50.2 Å². The Balaban J connectivity index is 1.91. The molecular weight excluding hydrogens is 576 g/mol. The summed E-state index contributed by atoms with van der Waals surface area (Å²) >= 11 is 0.917. The number of amides is 1. The molecule has 1 fully saturated rings. The second-order valence-corrected chi connectivity index (χ2v) is 10.5. The molecule has 1 amide bonds. The highest BCUT2D eigenvalue weighted by Gasteiger charge is 2.49. The number of thiazole rings is 1. The molecule has 12 heteroatoms. The van der Waals surface area contributed by atoms with E-state index in [-0.39, 0.29) is 33.7 Å². The number of Topliss-reactive ketones (excluding diaryl/α,β-unsaturated/α-hetero) is 1. The van der Waals surface area contributed by atoms with Gasteiger partial charge in [-0.15, -0.1) is 0 Å². The van der Waals surface area contributed by atoms with Gasteiger partial charge in [-0.2, -0.15) is 0 Å². The number of esters is 1. The SMILES string of the molecule is CCCCOc1ccc(/C(O)=C2\C(=O)C(=O)N(c3nc(C)c(C(=O)OCC)s3)C2c2cc(OC)c(OC)c(OC)c2)cc1. The maximum Gasteiger partial charge on any atom is 0.350 e. The third kappa shape index (κ3) is 6.14. The van der Waals surface area contributed by atoms with Gasteiger partial charge >= 0.3 is 11.9 Å². The lowest BCUT2D eigenvalue weighted by Crippen LogP contribution is -2.29. The lowest BCUT2D eigenvalue weighted by Gasteiger charge is -2.24. The van der Waals surface area contributed by atoms with E-state index in [0.717, 1.165) is 29.1 Å². The van der Waals surface area contributed by atoms with E-state index < -0.39 is 29.5 Å². The number of ketones is 1. The number of methoxy groups -OCH3 is 3. The van der Waals surface area contributed by atoms with Crippen LogP contribution in [0.1, 0.15) is 59.2 Å². The third-order valence-electron chi connectivity index (χ3n) is 6.79. The summed E-state index contributed by atoms with van der Waals surface area (Å²) < 4.78 is 27.4. The maximum atomic E-state index is 13.7. The van der Waals surface area contributed by atoms with Gasteiger partial charge in [0.1, 0.15) is 16.4 Å². The number of hydrogen-bond acceptors (Lipinski definition) is 11. The summed E-state index contributed by atoms with van der Waals surface area (Å²) in [7, 11) is 4.34. The summed E-state index contributed by atoms with van der Waals surface area (Å²) in [6, 6.07) is 8.63. The molecule has 0 saturated carbocycles. The minimum atomic E-state index is -1.16. The molecule has 0 spiro atoms. The lowest BCUT2D eigenvalue weighted by molar-refractivity contribution is -0.132. The first-order chi connectivity index (χ1) is 20.7. The van der Waals surface area contributed by atoms with Crippen LogP contribution in [0.25, 0.3) is 5.76 Å². The standard InChI is InChI=1S/C31H34N2O9S/c1-7-9-14-42-20-12-10-18(11-13-20)25(34)23-24(19-15-21(38-4)27(40-6)22(16-19)39-5)33(29(36)26(23)35)31-32-17(3)28(43-31)30(37)41-8-2/h10-13,15-16,24,34H,7-9,14H2,1-6H3/b25-23+. The topological polar surface area (TPSA) is 134 Å². The molecule has 1 aromatic heterocycles. The van der Waals surface area contributed by atoms with Gasteiger partial charge < -0.3 is 28.8 Å². The molecule has 1 atom stereocenters. The summed E-state index contributed by atoms with van der Waals surface area (Å²) in [6.07, 6.45) is 1.88. The molecule has 43 heavy (non-hydrogen) atoms. The van der Waals surface area contributed by atoms with E-state index in [1.807, 2.05) is 0 Å². The first kappa shape index (κ1) is 31.4. The molecule has 1 aliphatic rings. The molecule has 1 saturated heterocycles. The molecule has 1 aliphatic heterocycles. The minimum absolute atomic E-state index is 0.0835. The normalized spacial score (nSPS) is 15.9. The van der Waals surface area contributed by atoms with Gasteiger partial charge in [-0.25, -0.2) is 9.78 Å². The number of aliphatic hydroxyl groups excluding tert-OH is 1. The number of rotatable bonds is 12. The van der Waals surface area contributed by atoms with E-state index in [0.29, 0.717) is 34.9 Å². The van der Waals surface area contributed by atoms with Crippen LogP contribution in [-0.2, 0) is 14.3 Å². The number of carbonyl (C=O) groups is 3. The number of hydrogen-bond donors (Lipinski definition) is 1. The molecule has 0 aliphatic carbocycles. The molecule has 1 unspecified atom stereocenters. The van der Waals surface area contributed by atoms with Crippen molar-refractivity contribution in [3.63, 3.8) is 0 Å². The number of carbonyl (C=O) groups excluding carboxylic acids is 3. The van der Waals surface area contributed by atoms with Crippen LogP contribution in [0.2, 0.25) is 0 Å².